The molecule has 4 fully saturated rings. The number of ketones is 1. The zero-order valence-corrected chi connectivity index (χ0v) is 32.3. The average molecular weight is 787 g/mol. The molecule has 0 unspecified atom stereocenters. The van der Waals surface area contributed by atoms with Crippen molar-refractivity contribution in [3.05, 3.63) is 41.7 Å². The Hall–Kier alpha value is -3.87. The predicted molar refractivity (Wildman–Crippen MR) is 198 cm³/mol. The molecule has 2 saturated heterocycles. The highest BCUT2D eigenvalue weighted by Gasteiger charge is 2.49. The molecule has 54 heavy (non-hydrogen) atoms. The summed E-state index contributed by atoms with van der Waals surface area (Å²) in [6.07, 6.45) is 8.53. The number of nitrogens with two attached hydrogens (primary N) is 1. The number of carbonyl (C=O) groups excluding carboxylic acids is 5. The van der Waals surface area contributed by atoms with Gasteiger partial charge in [0.1, 0.15) is 23.2 Å². The minimum absolute atomic E-state index is 0.0203. The van der Waals surface area contributed by atoms with E-state index in [1.54, 1.807) is 25.6 Å². The first kappa shape index (κ1) is 39.8. The summed E-state index contributed by atoms with van der Waals surface area (Å²) in [5.74, 6) is -2.61. The molecule has 6 rings (SSSR count). The van der Waals surface area contributed by atoms with Gasteiger partial charge >= 0.3 is 0 Å². The maximum Gasteiger partial charge on any atom is 0.287 e. The molecule has 1 aromatic heterocycles. The largest absolute Gasteiger partial charge is 0.384 e. The van der Waals surface area contributed by atoms with Gasteiger partial charge in [-0.15, -0.1) is 5.10 Å². The molecule has 0 radical (unpaired) electrons. The summed E-state index contributed by atoms with van der Waals surface area (Å²) in [7, 11) is -3.74. The fraction of sp³-hybridized carbons (Fsp3) is 0.639. The smallest absolute Gasteiger partial charge is 0.287 e. The standard InChI is InChI=1S/C36H50N8O8S2/c1-35(2,50)29-20-38-42-44(29)25-19-28(33(48)40-36(30(45)31(37)46)14-16-53-17-15-36)43(21-25)34(49)27(18-22-6-4-3-5-7-22)39-32(47)23-8-12-26(13-9-23)54(51,52)41-24-10-11-24/h8-9,12-13,20,22,24-25,27-28,41,50H,3-7,10-11,14-19,21H2,1-2H3,(H2,37,46)(H,39,47)(H,40,48)/t25-,27+,28-/m0/s1. The van der Waals surface area contributed by atoms with Crippen LogP contribution in [0.1, 0.15) is 107 Å². The quantitative estimate of drug-likeness (QED) is 0.171. The highest BCUT2D eigenvalue weighted by molar-refractivity contribution is 7.99. The molecule has 4 amide bonds. The molecule has 18 heteroatoms. The number of amides is 4. The van der Waals surface area contributed by atoms with Crippen LogP contribution in [0.2, 0.25) is 0 Å². The summed E-state index contributed by atoms with van der Waals surface area (Å²) < 4.78 is 29.6. The Morgan fingerprint density at radius 3 is 2.31 bits per heavy atom. The van der Waals surface area contributed by atoms with E-state index in [0.717, 1.165) is 44.9 Å². The third-order valence-electron chi connectivity index (χ3n) is 11.0. The van der Waals surface area contributed by atoms with Crippen molar-refractivity contribution >= 4 is 51.2 Å². The Bertz CT molecular complexity index is 1850. The van der Waals surface area contributed by atoms with Crippen LogP contribution >= 0.6 is 11.8 Å². The van der Waals surface area contributed by atoms with E-state index in [9.17, 15) is 37.5 Å². The molecule has 2 aromatic rings. The van der Waals surface area contributed by atoms with E-state index in [0.29, 0.717) is 23.6 Å². The third kappa shape index (κ3) is 8.98. The average Bonchev–Trinajstić information content (AvgIpc) is 3.59. The number of aromatic nitrogens is 3. The van der Waals surface area contributed by atoms with Crippen LogP contribution in [0.3, 0.4) is 0 Å². The summed E-state index contributed by atoms with van der Waals surface area (Å²) in [5.41, 5.74) is 3.11. The molecule has 2 saturated carbocycles. The number of Topliss-reactive ketones (excluding diaryl/α,β-unsaturated/α-hetero) is 1. The van der Waals surface area contributed by atoms with Gasteiger partial charge in [0.2, 0.25) is 27.6 Å². The van der Waals surface area contributed by atoms with Crippen LogP contribution in [0.15, 0.2) is 35.4 Å². The second-order valence-corrected chi connectivity index (χ2v) is 18.5. The highest BCUT2D eigenvalue weighted by Crippen LogP contribution is 2.35. The summed E-state index contributed by atoms with van der Waals surface area (Å²) in [6, 6.07) is 2.64. The van der Waals surface area contributed by atoms with Gasteiger partial charge < -0.3 is 26.4 Å². The molecule has 3 heterocycles. The van der Waals surface area contributed by atoms with Crippen LogP contribution in [0.5, 0.6) is 0 Å². The minimum Gasteiger partial charge on any atom is -0.384 e. The van der Waals surface area contributed by atoms with E-state index < -0.39 is 68.7 Å². The predicted octanol–water partition coefficient (Wildman–Crippen LogP) is 1.29. The van der Waals surface area contributed by atoms with Crippen LogP contribution in [-0.2, 0) is 34.8 Å². The molecule has 0 spiro atoms. The van der Waals surface area contributed by atoms with Gasteiger partial charge in [0.15, 0.2) is 0 Å². The van der Waals surface area contributed by atoms with E-state index in [-0.39, 0.29) is 48.2 Å². The Morgan fingerprint density at radius 1 is 1.04 bits per heavy atom. The number of nitrogens with one attached hydrogen (secondary N) is 3. The number of benzene rings is 1. The first-order valence-electron chi connectivity index (χ1n) is 18.7. The highest BCUT2D eigenvalue weighted by atomic mass is 32.2. The van der Waals surface area contributed by atoms with Crippen LogP contribution in [0.4, 0.5) is 0 Å². The van der Waals surface area contributed by atoms with E-state index in [2.05, 4.69) is 25.7 Å². The second kappa shape index (κ2) is 16.1. The van der Waals surface area contributed by atoms with E-state index in [1.165, 1.54) is 40.0 Å². The minimum atomic E-state index is -3.74. The van der Waals surface area contributed by atoms with Crippen LogP contribution in [0, 0.1) is 5.92 Å². The molecule has 294 valence electrons. The first-order chi connectivity index (χ1) is 25.6. The number of hydrogen-bond acceptors (Lipinski definition) is 11. The van der Waals surface area contributed by atoms with Gasteiger partial charge in [-0.3, -0.25) is 24.0 Å². The number of nitrogens with zero attached hydrogens (tertiary/aromatic N) is 4. The van der Waals surface area contributed by atoms with Gasteiger partial charge in [-0.05, 0) is 87.6 Å². The fourth-order valence-corrected chi connectivity index (χ4v) is 10.3. The number of likely N-dealkylation sites (tertiary alicyclic amines) is 1. The molecule has 2 aliphatic heterocycles. The lowest BCUT2D eigenvalue weighted by Crippen LogP contribution is -2.63. The van der Waals surface area contributed by atoms with E-state index >= 15 is 0 Å². The Balaban J connectivity index is 1.30. The molecule has 3 atom stereocenters. The maximum atomic E-state index is 14.8. The van der Waals surface area contributed by atoms with Crippen molar-refractivity contribution in [2.45, 2.75) is 125 Å². The maximum absolute atomic E-state index is 14.8. The summed E-state index contributed by atoms with van der Waals surface area (Å²) in [6.45, 7) is 3.13. The number of aliphatic hydroxyl groups is 1. The van der Waals surface area contributed by atoms with Crippen molar-refractivity contribution in [3.63, 3.8) is 0 Å². The molecule has 4 aliphatic rings. The molecular weight excluding hydrogens is 737 g/mol. The Morgan fingerprint density at radius 2 is 1.70 bits per heavy atom. The SMILES string of the molecule is CC(C)(O)c1cnnn1[C@H]1C[C@@H](C(=O)NC2(C(=O)C(N)=O)CCSCC2)N(C(=O)[C@@H](CC2CCCCC2)NC(=O)c2ccc(S(=O)(=O)NC3CC3)cc2)C1. The third-order valence-corrected chi connectivity index (χ3v) is 13.5. The van der Waals surface area contributed by atoms with Crippen molar-refractivity contribution in [2.75, 3.05) is 18.1 Å². The van der Waals surface area contributed by atoms with Crippen molar-refractivity contribution in [2.24, 2.45) is 11.7 Å². The summed E-state index contributed by atoms with van der Waals surface area (Å²) in [4.78, 5) is 69.7. The zero-order valence-electron chi connectivity index (χ0n) is 30.7. The van der Waals surface area contributed by atoms with Gasteiger partial charge in [-0.1, -0.05) is 37.3 Å². The molecular formula is C36H50N8O8S2. The normalized spacial score (nSPS) is 22.7. The van der Waals surface area contributed by atoms with Gasteiger partial charge in [-0.2, -0.15) is 11.8 Å². The molecule has 6 N–H and O–H groups in total. The van der Waals surface area contributed by atoms with Gasteiger partial charge in [-0.25, -0.2) is 17.8 Å². The summed E-state index contributed by atoms with van der Waals surface area (Å²) >= 11 is 1.59. The molecule has 0 bridgehead atoms. The van der Waals surface area contributed by atoms with E-state index in [1.807, 2.05) is 0 Å². The number of hydrogen-bond donors (Lipinski definition) is 5. The number of primary amides is 1. The van der Waals surface area contributed by atoms with Crippen molar-refractivity contribution in [1.82, 2.24) is 35.2 Å². The topological polar surface area (TPSA) is 236 Å². The zero-order chi connectivity index (χ0) is 38.8. The van der Waals surface area contributed by atoms with Crippen LogP contribution in [0.25, 0.3) is 0 Å². The van der Waals surface area contributed by atoms with Gasteiger partial charge in [0.25, 0.3) is 11.8 Å². The second-order valence-electron chi connectivity index (χ2n) is 15.6. The molecule has 1 aromatic carbocycles. The molecule has 16 nitrogen and oxygen atoms in total. The van der Waals surface area contributed by atoms with Crippen LogP contribution < -0.4 is 21.1 Å². The number of thioether (sulfide) groups is 1. The lowest BCUT2D eigenvalue weighted by atomic mass is 9.84. The van der Waals surface area contributed by atoms with Gasteiger partial charge in [0, 0.05) is 24.6 Å². The van der Waals surface area contributed by atoms with E-state index in [4.69, 9.17) is 5.73 Å². The monoisotopic (exact) mass is 786 g/mol. The van der Waals surface area contributed by atoms with Crippen molar-refractivity contribution in [1.29, 1.82) is 0 Å². The Labute approximate surface area is 319 Å². The van der Waals surface area contributed by atoms with Crippen LogP contribution in [-0.4, -0.2) is 105 Å². The van der Waals surface area contributed by atoms with Crippen molar-refractivity contribution in [3.8, 4) is 0 Å². The lowest BCUT2D eigenvalue weighted by molar-refractivity contribution is -0.145. The number of rotatable bonds is 14. The lowest BCUT2D eigenvalue weighted by Gasteiger charge is -2.37. The first-order valence-corrected chi connectivity index (χ1v) is 21.3. The number of carbonyl (C=O) groups is 5. The molecule has 2 aliphatic carbocycles. The van der Waals surface area contributed by atoms with Crippen molar-refractivity contribution < 1.29 is 37.5 Å². The Kier molecular flexibility index (Phi) is 11.9. The summed E-state index contributed by atoms with van der Waals surface area (Å²) in [5, 5.41) is 24.8. The number of sulfonamides is 1. The fourth-order valence-electron chi connectivity index (χ4n) is 7.81. The van der Waals surface area contributed by atoms with Gasteiger partial charge in [0.05, 0.1) is 22.8 Å².